The third kappa shape index (κ3) is 5.24. The number of hydrogen-bond acceptors (Lipinski definition) is 4. The minimum absolute atomic E-state index is 0.373. The molecule has 2 aromatic rings. The number of para-hydroxylation sites is 1. The fraction of sp³-hybridized carbons (Fsp3) is 0.222. The van der Waals surface area contributed by atoms with Crippen LogP contribution in [0.1, 0.15) is 10.4 Å². The Hall–Kier alpha value is -2.60. The Balaban J connectivity index is 1.80. The lowest BCUT2D eigenvalue weighted by atomic mass is 10.2. The second-order valence-electron chi connectivity index (χ2n) is 5.21. The Kier molecular flexibility index (Phi) is 6.57. The maximum atomic E-state index is 11.5. The van der Waals surface area contributed by atoms with Crippen LogP contribution in [-0.2, 0) is 4.74 Å². The Morgan fingerprint density at radius 3 is 2.62 bits per heavy atom. The number of anilines is 2. The van der Waals surface area contributed by atoms with E-state index in [0.717, 1.165) is 17.9 Å². The molecule has 0 aromatic heterocycles. The van der Waals surface area contributed by atoms with Gasteiger partial charge in [-0.05, 0) is 42.5 Å². The van der Waals surface area contributed by atoms with Crippen LogP contribution in [0.4, 0.5) is 11.4 Å². The molecule has 2 aromatic carbocycles. The number of nitrogens with zero attached hydrogens (tertiary/aromatic N) is 1. The number of rotatable bonds is 6. The molecule has 2 N–H and O–H groups in total. The van der Waals surface area contributed by atoms with Crippen LogP contribution in [0.5, 0.6) is 0 Å². The lowest BCUT2D eigenvalue weighted by molar-refractivity contribution is 0.0601. The van der Waals surface area contributed by atoms with Crippen LogP contribution in [0.15, 0.2) is 54.6 Å². The molecule has 0 bridgehead atoms. The van der Waals surface area contributed by atoms with Gasteiger partial charge in [-0.3, -0.25) is 0 Å². The average molecular weight is 343 g/mol. The summed E-state index contributed by atoms with van der Waals surface area (Å²) in [5, 5.41) is 6.74. The van der Waals surface area contributed by atoms with E-state index in [1.165, 1.54) is 7.11 Å². The van der Waals surface area contributed by atoms with Gasteiger partial charge in [-0.1, -0.05) is 24.3 Å². The zero-order valence-electron chi connectivity index (χ0n) is 13.8. The molecule has 0 fully saturated rings. The summed E-state index contributed by atoms with van der Waals surface area (Å²) in [5.41, 5.74) is 2.38. The Morgan fingerprint density at radius 2 is 1.92 bits per heavy atom. The van der Waals surface area contributed by atoms with Gasteiger partial charge >= 0.3 is 5.97 Å². The predicted octanol–water partition coefficient (Wildman–Crippen LogP) is 2.90. The Bertz CT molecular complexity index is 692. The van der Waals surface area contributed by atoms with E-state index in [0.29, 0.717) is 17.2 Å². The molecule has 0 amide bonds. The van der Waals surface area contributed by atoms with E-state index in [9.17, 15) is 4.79 Å². The second-order valence-corrected chi connectivity index (χ2v) is 5.62. The van der Waals surface area contributed by atoms with Crippen LogP contribution in [0, 0.1) is 0 Å². The van der Waals surface area contributed by atoms with Crippen molar-refractivity contribution in [3.63, 3.8) is 0 Å². The van der Waals surface area contributed by atoms with Gasteiger partial charge in [-0.2, -0.15) is 0 Å². The highest BCUT2D eigenvalue weighted by Gasteiger charge is 2.06. The predicted molar refractivity (Wildman–Crippen MR) is 102 cm³/mol. The maximum Gasteiger partial charge on any atom is 0.337 e. The highest BCUT2D eigenvalue weighted by molar-refractivity contribution is 7.80. The summed E-state index contributed by atoms with van der Waals surface area (Å²) in [4.78, 5) is 13.7. The minimum Gasteiger partial charge on any atom is -0.465 e. The smallest absolute Gasteiger partial charge is 0.337 e. The number of likely N-dealkylation sites (N-methyl/N-ethyl adjacent to an activating group) is 1. The number of ether oxygens (including phenoxy) is 1. The Morgan fingerprint density at radius 1 is 1.17 bits per heavy atom. The molecule has 0 aliphatic rings. The third-order valence-electron chi connectivity index (χ3n) is 3.47. The zero-order chi connectivity index (χ0) is 17.4. The normalized spacial score (nSPS) is 9.92. The monoisotopic (exact) mass is 343 g/mol. The number of carbonyl (C=O) groups excluding carboxylic acids is 1. The summed E-state index contributed by atoms with van der Waals surface area (Å²) >= 11 is 5.29. The first-order valence-electron chi connectivity index (χ1n) is 7.59. The van der Waals surface area contributed by atoms with Crippen molar-refractivity contribution >= 4 is 34.7 Å². The van der Waals surface area contributed by atoms with Crippen LogP contribution in [0.2, 0.25) is 0 Å². The van der Waals surface area contributed by atoms with Crippen molar-refractivity contribution in [1.82, 2.24) is 5.32 Å². The molecule has 0 spiro atoms. The third-order valence-corrected chi connectivity index (χ3v) is 3.72. The summed E-state index contributed by atoms with van der Waals surface area (Å²) in [6.07, 6.45) is 0. The van der Waals surface area contributed by atoms with Gasteiger partial charge in [0, 0.05) is 31.5 Å². The summed E-state index contributed by atoms with van der Waals surface area (Å²) in [5.74, 6) is -0.373. The van der Waals surface area contributed by atoms with Gasteiger partial charge in [0.1, 0.15) is 0 Å². The number of methoxy groups -OCH3 is 1. The second kappa shape index (κ2) is 8.88. The number of esters is 1. The quantitative estimate of drug-likeness (QED) is 0.621. The lowest BCUT2D eigenvalue weighted by Gasteiger charge is -2.20. The molecule has 0 heterocycles. The molecule has 0 saturated carbocycles. The highest BCUT2D eigenvalue weighted by atomic mass is 32.1. The van der Waals surface area contributed by atoms with E-state index in [1.54, 1.807) is 18.2 Å². The van der Waals surface area contributed by atoms with E-state index in [2.05, 4.69) is 27.7 Å². The Labute approximate surface area is 147 Å². The molecule has 24 heavy (non-hydrogen) atoms. The summed E-state index contributed by atoms with van der Waals surface area (Å²) in [6.45, 7) is 1.52. The molecule has 2 rings (SSSR count). The van der Waals surface area contributed by atoms with Crippen LogP contribution in [0.3, 0.4) is 0 Å². The van der Waals surface area contributed by atoms with Crippen LogP contribution in [-0.4, -0.2) is 38.3 Å². The van der Waals surface area contributed by atoms with E-state index >= 15 is 0 Å². The number of benzene rings is 2. The minimum atomic E-state index is -0.373. The van der Waals surface area contributed by atoms with Crippen molar-refractivity contribution in [3.05, 3.63) is 60.2 Å². The van der Waals surface area contributed by atoms with Crippen LogP contribution >= 0.6 is 12.2 Å². The molecule has 0 aliphatic heterocycles. The molecule has 0 unspecified atom stereocenters. The molecule has 5 nitrogen and oxygen atoms in total. The van der Waals surface area contributed by atoms with Crippen molar-refractivity contribution in [1.29, 1.82) is 0 Å². The average Bonchev–Trinajstić information content (AvgIpc) is 2.61. The molecule has 0 saturated heterocycles. The van der Waals surface area contributed by atoms with Gasteiger partial charge in [0.2, 0.25) is 0 Å². The molecule has 0 atom stereocenters. The fourth-order valence-electron chi connectivity index (χ4n) is 2.17. The van der Waals surface area contributed by atoms with E-state index in [-0.39, 0.29) is 5.97 Å². The van der Waals surface area contributed by atoms with Crippen molar-refractivity contribution in [3.8, 4) is 0 Å². The fourth-order valence-corrected chi connectivity index (χ4v) is 2.39. The van der Waals surface area contributed by atoms with Gasteiger partial charge in [0.25, 0.3) is 0 Å². The number of hydrogen-bond donors (Lipinski definition) is 2. The summed E-state index contributed by atoms with van der Waals surface area (Å²) in [6, 6.07) is 17.2. The van der Waals surface area contributed by atoms with Crippen molar-refractivity contribution < 1.29 is 9.53 Å². The SMILES string of the molecule is COC(=O)c1cccc(NC(=S)NCCN(C)c2ccccc2)c1. The molecule has 6 heteroatoms. The van der Waals surface area contributed by atoms with E-state index < -0.39 is 0 Å². The van der Waals surface area contributed by atoms with Crippen LogP contribution in [0.25, 0.3) is 0 Å². The first-order valence-corrected chi connectivity index (χ1v) is 8.00. The number of carbonyl (C=O) groups is 1. The van der Waals surface area contributed by atoms with Gasteiger partial charge in [0.05, 0.1) is 12.7 Å². The number of thiocarbonyl (C=S) groups is 1. The van der Waals surface area contributed by atoms with Gasteiger partial charge < -0.3 is 20.3 Å². The molecule has 0 radical (unpaired) electrons. The first kappa shape index (κ1) is 17.7. The maximum absolute atomic E-state index is 11.5. The molecular weight excluding hydrogens is 322 g/mol. The van der Waals surface area contributed by atoms with Crippen molar-refractivity contribution in [2.75, 3.05) is 37.5 Å². The largest absolute Gasteiger partial charge is 0.465 e. The van der Waals surface area contributed by atoms with Crippen molar-refractivity contribution in [2.24, 2.45) is 0 Å². The summed E-state index contributed by atoms with van der Waals surface area (Å²) < 4.78 is 4.71. The topological polar surface area (TPSA) is 53.6 Å². The summed E-state index contributed by atoms with van der Waals surface area (Å²) in [7, 11) is 3.39. The van der Waals surface area contributed by atoms with E-state index in [4.69, 9.17) is 17.0 Å². The molecule has 0 aliphatic carbocycles. The number of nitrogens with one attached hydrogen (secondary N) is 2. The van der Waals surface area contributed by atoms with Crippen molar-refractivity contribution in [2.45, 2.75) is 0 Å². The molecular formula is C18H21N3O2S. The standard InChI is InChI=1S/C18H21N3O2S/c1-21(16-9-4-3-5-10-16)12-11-19-18(24)20-15-8-6-7-14(13-15)17(22)23-2/h3-10,13H,11-12H2,1-2H3,(H2,19,20,24). The molecule has 126 valence electrons. The van der Waals surface area contributed by atoms with Crippen LogP contribution < -0.4 is 15.5 Å². The van der Waals surface area contributed by atoms with E-state index in [1.807, 2.05) is 31.3 Å². The first-order chi connectivity index (χ1) is 11.6. The zero-order valence-corrected chi connectivity index (χ0v) is 14.6. The lowest BCUT2D eigenvalue weighted by Crippen LogP contribution is -2.35. The van der Waals surface area contributed by atoms with Gasteiger partial charge in [-0.25, -0.2) is 4.79 Å². The highest BCUT2D eigenvalue weighted by Crippen LogP contribution is 2.12. The van der Waals surface area contributed by atoms with Gasteiger partial charge in [0.15, 0.2) is 5.11 Å². The van der Waals surface area contributed by atoms with Gasteiger partial charge in [-0.15, -0.1) is 0 Å².